The van der Waals surface area contributed by atoms with Crippen LogP contribution in [0.15, 0.2) is 47.8 Å². The lowest BCUT2D eigenvalue weighted by atomic mass is 10.1. The minimum absolute atomic E-state index is 0.0736. The van der Waals surface area contributed by atoms with E-state index in [1.54, 1.807) is 36.6 Å². The molecule has 1 heterocycles. The Kier molecular flexibility index (Phi) is 9.51. The molecule has 3 rings (SSSR count). The number of ether oxygens (including phenoxy) is 2. The van der Waals surface area contributed by atoms with Crippen molar-refractivity contribution in [3.63, 3.8) is 0 Å². The lowest BCUT2D eigenvalue weighted by Crippen LogP contribution is -2.09. The van der Waals surface area contributed by atoms with Gasteiger partial charge in [0.25, 0.3) is 0 Å². The third kappa shape index (κ3) is 7.66. The number of carbonyl (C=O) groups is 1. The van der Waals surface area contributed by atoms with Crippen LogP contribution in [-0.2, 0) is 22.6 Å². The van der Waals surface area contributed by atoms with Crippen LogP contribution in [0.5, 0.6) is 11.5 Å². The molecule has 0 atom stereocenters. The van der Waals surface area contributed by atoms with E-state index in [1.165, 1.54) is 17.4 Å². The molecule has 3 aromatic rings. The Morgan fingerprint density at radius 2 is 1.84 bits per heavy atom. The first-order valence-electron chi connectivity index (χ1n) is 9.64. The van der Waals surface area contributed by atoms with Crippen molar-refractivity contribution in [1.29, 1.82) is 0 Å². The van der Waals surface area contributed by atoms with Gasteiger partial charge in [0.15, 0.2) is 17.8 Å². The van der Waals surface area contributed by atoms with Crippen molar-refractivity contribution in [2.75, 3.05) is 6.61 Å². The van der Waals surface area contributed by atoms with Crippen LogP contribution in [0.25, 0.3) is 10.1 Å². The average molecular weight is 473 g/mol. The van der Waals surface area contributed by atoms with Gasteiger partial charge < -0.3 is 13.7 Å². The SMILES string of the molecule is CC.CCOC(=O)Cc1ccccc1OCc1cc(OSC(F)(F)F)c2sccc2c1. The van der Waals surface area contributed by atoms with Gasteiger partial charge in [-0.25, -0.2) is 0 Å². The lowest BCUT2D eigenvalue weighted by Gasteiger charge is -2.13. The van der Waals surface area contributed by atoms with E-state index in [4.69, 9.17) is 13.7 Å². The number of rotatable bonds is 8. The second-order valence-electron chi connectivity index (χ2n) is 5.92. The number of esters is 1. The van der Waals surface area contributed by atoms with E-state index in [1.807, 2.05) is 26.0 Å². The van der Waals surface area contributed by atoms with Crippen LogP contribution in [0.2, 0.25) is 0 Å². The van der Waals surface area contributed by atoms with Gasteiger partial charge in [-0.15, -0.1) is 11.3 Å². The van der Waals surface area contributed by atoms with E-state index in [2.05, 4.69) is 0 Å². The first-order chi connectivity index (χ1) is 14.9. The van der Waals surface area contributed by atoms with Crippen LogP contribution in [0.1, 0.15) is 31.9 Å². The molecule has 168 valence electrons. The topological polar surface area (TPSA) is 44.8 Å². The molecule has 0 aliphatic carbocycles. The molecule has 0 bridgehead atoms. The largest absolute Gasteiger partial charge is 0.489 e. The van der Waals surface area contributed by atoms with Gasteiger partial charge in [0.1, 0.15) is 12.4 Å². The Balaban J connectivity index is 0.00000166. The summed E-state index contributed by atoms with van der Waals surface area (Å²) < 4.78 is 53.9. The van der Waals surface area contributed by atoms with Crippen LogP contribution in [-0.4, -0.2) is 18.1 Å². The molecule has 2 aromatic carbocycles. The van der Waals surface area contributed by atoms with Crippen molar-refractivity contribution in [3.05, 3.63) is 59.0 Å². The molecular formula is C22H23F3O4S2. The summed E-state index contributed by atoms with van der Waals surface area (Å²) in [6, 6.07) is 12.2. The maximum absolute atomic E-state index is 12.5. The predicted octanol–water partition coefficient (Wildman–Crippen LogP) is 7.16. The van der Waals surface area contributed by atoms with Crippen molar-refractivity contribution in [1.82, 2.24) is 0 Å². The Morgan fingerprint density at radius 1 is 1.10 bits per heavy atom. The van der Waals surface area contributed by atoms with Gasteiger partial charge in [-0.3, -0.25) is 4.79 Å². The highest BCUT2D eigenvalue weighted by Crippen LogP contribution is 2.38. The lowest BCUT2D eigenvalue weighted by molar-refractivity contribution is -0.142. The summed E-state index contributed by atoms with van der Waals surface area (Å²) in [5.74, 6) is 0.291. The normalized spacial score (nSPS) is 10.9. The zero-order valence-electron chi connectivity index (χ0n) is 17.3. The van der Waals surface area contributed by atoms with Gasteiger partial charge in [-0.2, -0.15) is 13.2 Å². The van der Waals surface area contributed by atoms with Gasteiger partial charge in [0, 0.05) is 5.56 Å². The second-order valence-corrected chi connectivity index (χ2v) is 7.64. The monoisotopic (exact) mass is 472 g/mol. The van der Waals surface area contributed by atoms with Gasteiger partial charge in [-0.1, -0.05) is 32.0 Å². The molecule has 0 aliphatic rings. The molecule has 0 unspecified atom stereocenters. The molecule has 0 aliphatic heterocycles. The van der Waals surface area contributed by atoms with Crippen molar-refractivity contribution < 1.29 is 31.6 Å². The Bertz CT molecular complexity index is 986. The van der Waals surface area contributed by atoms with E-state index in [0.29, 0.717) is 28.2 Å². The number of hydrogen-bond acceptors (Lipinski definition) is 6. The summed E-state index contributed by atoms with van der Waals surface area (Å²) >= 11 is 0.760. The number of hydrogen-bond donors (Lipinski definition) is 0. The van der Waals surface area contributed by atoms with E-state index < -0.39 is 17.6 Å². The van der Waals surface area contributed by atoms with Crippen molar-refractivity contribution in [3.8, 4) is 11.5 Å². The molecule has 0 amide bonds. The molecule has 4 nitrogen and oxygen atoms in total. The van der Waals surface area contributed by atoms with Gasteiger partial charge in [0.2, 0.25) is 0 Å². The highest BCUT2D eigenvalue weighted by atomic mass is 32.2. The zero-order chi connectivity index (χ0) is 22.9. The molecule has 0 saturated heterocycles. The summed E-state index contributed by atoms with van der Waals surface area (Å²) in [6.45, 7) is 6.14. The number of fused-ring (bicyclic) bond motifs is 1. The highest BCUT2D eigenvalue weighted by molar-refractivity contribution is 7.95. The number of carbonyl (C=O) groups excluding carboxylic acids is 1. The molecule has 1 aromatic heterocycles. The van der Waals surface area contributed by atoms with Crippen LogP contribution in [0.4, 0.5) is 13.2 Å². The standard InChI is InChI=1S/C20H17F3O4S2.C2H6/c1-2-25-18(24)11-14-5-3-4-6-16(14)26-12-13-9-15-7-8-28-19(15)17(10-13)27-29-20(21,22)23;1-2/h3-10H,2,11-12H2,1H3;1-2H3. The van der Waals surface area contributed by atoms with Crippen molar-refractivity contribution in [2.45, 2.75) is 39.3 Å². The summed E-state index contributed by atoms with van der Waals surface area (Å²) in [5, 5.41) is 2.56. The molecule has 9 heteroatoms. The first kappa shape index (κ1) is 24.9. The minimum atomic E-state index is -4.50. The summed E-state index contributed by atoms with van der Waals surface area (Å²) in [4.78, 5) is 11.8. The number of alkyl halides is 3. The van der Waals surface area contributed by atoms with Gasteiger partial charge in [0.05, 0.1) is 17.7 Å². The third-order valence-electron chi connectivity index (χ3n) is 3.81. The molecule has 0 spiro atoms. The van der Waals surface area contributed by atoms with Crippen molar-refractivity contribution >= 4 is 39.4 Å². The van der Waals surface area contributed by atoms with E-state index in [0.717, 1.165) is 5.39 Å². The highest BCUT2D eigenvalue weighted by Gasteiger charge is 2.32. The quantitative estimate of drug-likeness (QED) is 0.257. The fourth-order valence-corrected chi connectivity index (χ4v) is 3.86. The minimum Gasteiger partial charge on any atom is -0.489 e. The zero-order valence-corrected chi connectivity index (χ0v) is 19.0. The summed E-state index contributed by atoms with van der Waals surface area (Å²) in [5.41, 5.74) is -3.17. The average Bonchev–Trinajstić information content (AvgIpc) is 3.21. The predicted molar refractivity (Wildman–Crippen MR) is 119 cm³/mol. The second kappa shape index (κ2) is 11.9. The number of benzene rings is 2. The van der Waals surface area contributed by atoms with E-state index >= 15 is 0 Å². The molecular weight excluding hydrogens is 449 g/mol. The fourth-order valence-electron chi connectivity index (χ4n) is 2.67. The molecule has 0 radical (unpaired) electrons. The van der Waals surface area contributed by atoms with E-state index in [-0.39, 0.29) is 24.7 Å². The summed E-state index contributed by atoms with van der Waals surface area (Å²) in [6.07, 6.45) is 0.0736. The Hall–Kier alpha value is -2.39. The van der Waals surface area contributed by atoms with Crippen LogP contribution in [0.3, 0.4) is 0 Å². The van der Waals surface area contributed by atoms with E-state index in [9.17, 15) is 18.0 Å². The molecule has 0 saturated carbocycles. The van der Waals surface area contributed by atoms with Gasteiger partial charge in [-0.05, 0) is 47.5 Å². The first-order valence-corrected chi connectivity index (χ1v) is 11.3. The molecule has 0 N–H and O–H groups in total. The third-order valence-corrected chi connectivity index (χ3v) is 5.21. The van der Waals surface area contributed by atoms with Crippen LogP contribution < -0.4 is 8.92 Å². The Morgan fingerprint density at radius 3 is 2.55 bits per heavy atom. The fraction of sp³-hybridized carbons (Fsp3) is 0.318. The van der Waals surface area contributed by atoms with Crippen LogP contribution >= 0.6 is 23.4 Å². The number of thiophene rings is 1. The summed E-state index contributed by atoms with van der Waals surface area (Å²) in [7, 11) is 0. The maximum atomic E-state index is 12.5. The van der Waals surface area contributed by atoms with Crippen molar-refractivity contribution in [2.24, 2.45) is 0 Å². The number of halogens is 3. The smallest absolute Gasteiger partial charge is 0.479 e. The van der Waals surface area contributed by atoms with Gasteiger partial charge >= 0.3 is 11.5 Å². The Labute approximate surface area is 187 Å². The maximum Gasteiger partial charge on any atom is 0.479 e. The molecule has 0 fully saturated rings. The van der Waals surface area contributed by atoms with Crippen LogP contribution in [0, 0.1) is 0 Å². The molecule has 31 heavy (non-hydrogen) atoms. The number of para-hydroxylation sites is 1.